The Morgan fingerprint density at radius 2 is 1.69 bits per heavy atom. The van der Waals surface area contributed by atoms with E-state index in [1.165, 1.54) is 12.8 Å². The first-order valence-electron chi connectivity index (χ1n) is 9.17. The number of ketones is 1. The van der Waals surface area contributed by atoms with Gasteiger partial charge < -0.3 is 5.32 Å². The fourth-order valence-corrected chi connectivity index (χ4v) is 3.76. The van der Waals surface area contributed by atoms with Gasteiger partial charge in [0.25, 0.3) is 11.7 Å². The van der Waals surface area contributed by atoms with Crippen LogP contribution in [0.3, 0.4) is 0 Å². The van der Waals surface area contributed by atoms with Crippen molar-refractivity contribution in [3.8, 4) is 0 Å². The molecule has 1 aliphatic heterocycles. The van der Waals surface area contributed by atoms with Crippen LogP contribution >= 0.6 is 0 Å². The number of anilines is 1. The van der Waals surface area contributed by atoms with E-state index in [4.69, 9.17) is 0 Å². The van der Waals surface area contributed by atoms with Gasteiger partial charge in [-0.1, -0.05) is 48.5 Å². The number of carbonyl (C=O) groups excluding carboxylic acids is 2. The molecule has 2 aromatic rings. The van der Waals surface area contributed by atoms with Gasteiger partial charge in [-0.05, 0) is 55.1 Å². The second-order valence-electron chi connectivity index (χ2n) is 6.90. The number of para-hydroxylation sites is 1. The molecule has 4 nitrogen and oxygen atoms in total. The minimum atomic E-state index is -0.568. The van der Waals surface area contributed by atoms with Gasteiger partial charge in [-0.15, -0.1) is 0 Å². The van der Waals surface area contributed by atoms with Crippen molar-refractivity contribution in [2.24, 2.45) is 0 Å². The Bertz CT molecular complexity index is 879. The number of rotatable bonds is 5. The molecule has 0 unspecified atom stereocenters. The summed E-state index contributed by atoms with van der Waals surface area (Å²) in [4.78, 5) is 27.6. The van der Waals surface area contributed by atoms with Crippen LogP contribution in [-0.2, 0) is 22.6 Å². The molecule has 1 fully saturated rings. The third-order valence-electron chi connectivity index (χ3n) is 5.14. The third kappa shape index (κ3) is 3.33. The van der Waals surface area contributed by atoms with Crippen molar-refractivity contribution >= 4 is 23.0 Å². The van der Waals surface area contributed by atoms with Gasteiger partial charge in [0.1, 0.15) is 0 Å². The first kappa shape index (κ1) is 16.7. The first-order chi connectivity index (χ1) is 12.7. The van der Waals surface area contributed by atoms with E-state index in [2.05, 4.69) is 10.2 Å². The topological polar surface area (TPSA) is 49.4 Å². The summed E-state index contributed by atoms with van der Waals surface area (Å²) in [6.45, 7) is 2.98. The molecule has 0 bridgehead atoms. The van der Waals surface area contributed by atoms with Crippen molar-refractivity contribution in [2.75, 3.05) is 18.4 Å². The quantitative estimate of drug-likeness (QED) is 0.844. The summed E-state index contributed by atoms with van der Waals surface area (Å²) >= 11 is 0. The van der Waals surface area contributed by atoms with E-state index in [0.29, 0.717) is 12.0 Å². The fourth-order valence-electron chi connectivity index (χ4n) is 3.76. The Kier molecular flexibility index (Phi) is 4.67. The standard InChI is InChI=1S/C22H22N2O2/c25-21(19-12-11-16-7-1-3-9-18(16)19)22(26)23-20-10-4-2-8-17(20)15-24-13-5-6-14-24/h1-4,7-10,12H,5-6,11,13-15H2,(H,23,26). The van der Waals surface area contributed by atoms with E-state index in [0.717, 1.165) is 42.0 Å². The Morgan fingerprint density at radius 1 is 0.962 bits per heavy atom. The Morgan fingerprint density at radius 3 is 2.54 bits per heavy atom. The van der Waals surface area contributed by atoms with E-state index < -0.39 is 11.7 Å². The van der Waals surface area contributed by atoms with Crippen LogP contribution in [0.15, 0.2) is 54.6 Å². The lowest BCUT2D eigenvalue weighted by Crippen LogP contribution is -2.25. The van der Waals surface area contributed by atoms with Gasteiger partial charge in [-0.25, -0.2) is 0 Å². The minimum Gasteiger partial charge on any atom is -0.319 e. The van der Waals surface area contributed by atoms with Gasteiger partial charge in [-0.2, -0.15) is 0 Å². The molecule has 26 heavy (non-hydrogen) atoms. The van der Waals surface area contributed by atoms with E-state index in [9.17, 15) is 9.59 Å². The highest BCUT2D eigenvalue weighted by Gasteiger charge is 2.25. The van der Waals surface area contributed by atoms with Crippen molar-refractivity contribution in [1.29, 1.82) is 0 Å². The van der Waals surface area contributed by atoms with E-state index >= 15 is 0 Å². The van der Waals surface area contributed by atoms with Crippen molar-refractivity contribution < 1.29 is 9.59 Å². The molecule has 132 valence electrons. The zero-order chi connectivity index (χ0) is 17.9. The number of Topliss-reactive ketones (excluding diaryl/α,β-unsaturated/α-hetero) is 1. The van der Waals surface area contributed by atoms with Crippen LogP contribution in [-0.4, -0.2) is 29.7 Å². The fraction of sp³-hybridized carbons (Fsp3) is 0.273. The second-order valence-corrected chi connectivity index (χ2v) is 6.90. The zero-order valence-corrected chi connectivity index (χ0v) is 14.7. The average Bonchev–Trinajstić information content (AvgIpc) is 3.32. The van der Waals surface area contributed by atoms with Crippen molar-refractivity contribution in [3.05, 3.63) is 71.3 Å². The molecule has 1 N–H and O–H groups in total. The van der Waals surface area contributed by atoms with Crippen LogP contribution < -0.4 is 5.32 Å². The lowest BCUT2D eigenvalue weighted by Gasteiger charge is -2.17. The van der Waals surface area contributed by atoms with Crippen LogP contribution in [0.4, 0.5) is 5.69 Å². The Labute approximate surface area is 153 Å². The summed E-state index contributed by atoms with van der Waals surface area (Å²) < 4.78 is 0. The van der Waals surface area contributed by atoms with Crippen LogP contribution in [0.25, 0.3) is 5.57 Å². The molecule has 1 heterocycles. The number of hydrogen-bond acceptors (Lipinski definition) is 3. The highest BCUT2D eigenvalue weighted by molar-refractivity contribution is 6.56. The molecule has 4 rings (SSSR count). The highest BCUT2D eigenvalue weighted by Crippen LogP contribution is 2.28. The predicted molar refractivity (Wildman–Crippen MR) is 103 cm³/mol. The van der Waals surface area contributed by atoms with Gasteiger partial charge >= 0.3 is 0 Å². The maximum atomic E-state index is 12.7. The molecule has 1 saturated heterocycles. The number of nitrogens with one attached hydrogen (secondary N) is 1. The number of hydrogen-bond donors (Lipinski definition) is 1. The maximum absolute atomic E-state index is 12.7. The smallest absolute Gasteiger partial charge is 0.296 e. The van der Waals surface area contributed by atoms with E-state index in [-0.39, 0.29) is 0 Å². The molecular weight excluding hydrogens is 324 g/mol. The van der Waals surface area contributed by atoms with Crippen molar-refractivity contribution in [2.45, 2.75) is 25.8 Å². The SMILES string of the molecule is O=C(Nc1ccccc1CN1CCCC1)C(=O)C1=CCc2ccccc21. The third-order valence-corrected chi connectivity index (χ3v) is 5.14. The van der Waals surface area contributed by atoms with Gasteiger partial charge in [0, 0.05) is 17.8 Å². The Hall–Kier alpha value is -2.72. The molecule has 0 atom stereocenters. The summed E-state index contributed by atoms with van der Waals surface area (Å²) in [5.74, 6) is -1.03. The lowest BCUT2D eigenvalue weighted by atomic mass is 10.0. The monoisotopic (exact) mass is 346 g/mol. The molecule has 1 aliphatic carbocycles. The van der Waals surface area contributed by atoms with Crippen molar-refractivity contribution in [3.63, 3.8) is 0 Å². The summed E-state index contributed by atoms with van der Waals surface area (Å²) in [6, 6.07) is 15.5. The zero-order valence-electron chi connectivity index (χ0n) is 14.7. The van der Waals surface area contributed by atoms with Gasteiger partial charge in [0.15, 0.2) is 0 Å². The van der Waals surface area contributed by atoms with Gasteiger partial charge in [0.2, 0.25) is 0 Å². The minimum absolute atomic E-state index is 0.467. The Balaban J connectivity index is 1.49. The number of allylic oxidation sites excluding steroid dienone is 1. The summed E-state index contributed by atoms with van der Waals surface area (Å²) in [5.41, 5.74) is 4.26. The number of nitrogens with zero attached hydrogens (tertiary/aromatic N) is 1. The first-order valence-corrected chi connectivity index (χ1v) is 9.17. The summed E-state index contributed by atoms with van der Waals surface area (Å²) in [5, 5.41) is 2.84. The van der Waals surface area contributed by atoms with Crippen LogP contribution in [0.2, 0.25) is 0 Å². The average molecular weight is 346 g/mol. The predicted octanol–water partition coefficient (Wildman–Crippen LogP) is 3.43. The van der Waals surface area contributed by atoms with Crippen molar-refractivity contribution in [1.82, 2.24) is 4.90 Å². The van der Waals surface area contributed by atoms with E-state index in [1.54, 1.807) is 0 Å². The molecule has 0 aromatic heterocycles. The lowest BCUT2D eigenvalue weighted by molar-refractivity contribution is -0.131. The molecule has 0 saturated carbocycles. The molecule has 2 aromatic carbocycles. The maximum Gasteiger partial charge on any atom is 0.296 e. The number of fused-ring (bicyclic) bond motifs is 1. The van der Waals surface area contributed by atoms with Crippen LogP contribution in [0.1, 0.15) is 29.5 Å². The number of likely N-dealkylation sites (tertiary alicyclic amines) is 1. The number of amides is 1. The summed E-state index contributed by atoms with van der Waals surface area (Å²) in [6.07, 6.45) is 5.00. The largest absolute Gasteiger partial charge is 0.319 e. The molecule has 2 aliphatic rings. The normalized spacial score (nSPS) is 16.2. The van der Waals surface area contributed by atoms with Gasteiger partial charge in [-0.3, -0.25) is 14.5 Å². The number of carbonyl (C=O) groups is 2. The molecule has 4 heteroatoms. The highest BCUT2D eigenvalue weighted by atomic mass is 16.2. The molecule has 0 radical (unpaired) electrons. The molecule has 1 amide bonds. The van der Waals surface area contributed by atoms with Crippen LogP contribution in [0.5, 0.6) is 0 Å². The second kappa shape index (κ2) is 7.26. The number of benzene rings is 2. The van der Waals surface area contributed by atoms with E-state index in [1.807, 2.05) is 54.6 Å². The van der Waals surface area contributed by atoms with Crippen LogP contribution in [0, 0.1) is 0 Å². The molecular formula is C22H22N2O2. The summed E-state index contributed by atoms with van der Waals surface area (Å²) in [7, 11) is 0. The molecule has 0 spiro atoms. The van der Waals surface area contributed by atoms with Gasteiger partial charge in [0.05, 0.1) is 0 Å².